The smallest absolute Gasteiger partial charge is 0.282 e. The first-order valence-electron chi connectivity index (χ1n) is 6.91. The molecule has 3 aromatic rings. The lowest BCUT2D eigenvalue weighted by molar-refractivity contribution is 0.100. The maximum absolute atomic E-state index is 12.7. The molecule has 0 saturated heterocycles. The van der Waals surface area contributed by atoms with Gasteiger partial charge >= 0.3 is 0 Å². The van der Waals surface area contributed by atoms with Gasteiger partial charge in [-0.3, -0.25) is 14.2 Å². The highest BCUT2D eigenvalue weighted by Crippen LogP contribution is 2.18. The molecule has 1 aromatic heterocycles. The van der Waals surface area contributed by atoms with E-state index in [1.807, 2.05) is 18.2 Å². The van der Waals surface area contributed by atoms with E-state index in [0.29, 0.717) is 16.5 Å². The van der Waals surface area contributed by atoms with Gasteiger partial charge in [0.1, 0.15) is 0 Å². The summed E-state index contributed by atoms with van der Waals surface area (Å²) in [6.07, 6.45) is 1.47. The minimum absolute atomic E-state index is 0. The predicted octanol–water partition coefficient (Wildman–Crippen LogP) is 1.00. The molecule has 0 aliphatic heterocycles. The molecule has 0 radical (unpaired) electrons. The van der Waals surface area contributed by atoms with Gasteiger partial charge < -0.3 is 16.9 Å². The molecular weight excluding hydrogens is 344 g/mol. The van der Waals surface area contributed by atoms with Crippen LogP contribution in [0.25, 0.3) is 16.5 Å². The minimum atomic E-state index is -0.592. The topological polar surface area (TPSA) is 135 Å². The number of rotatable bonds is 2. The SMILES string of the molecule is Cl.NC(N)=NC(=O)c1cn(-c2ccccc2)c(=O)c2ccccc12.O. The standard InChI is InChI=1S/C17H14N4O2.ClH.H2O/c18-17(19)20-15(22)14-10-21(11-6-2-1-3-7-11)16(23)13-9-5-4-8-12(13)14;;/h1-10H,(H4,18,19,20,22);1H;1H2. The number of amides is 1. The Bertz CT molecular complexity index is 980. The van der Waals surface area contributed by atoms with Crippen molar-refractivity contribution in [2.24, 2.45) is 16.5 Å². The summed E-state index contributed by atoms with van der Waals surface area (Å²) in [5.74, 6) is -0.914. The van der Waals surface area contributed by atoms with Crippen LogP contribution >= 0.6 is 12.4 Å². The van der Waals surface area contributed by atoms with Crippen molar-refractivity contribution in [3.8, 4) is 5.69 Å². The van der Waals surface area contributed by atoms with E-state index < -0.39 is 5.91 Å². The van der Waals surface area contributed by atoms with Crippen molar-refractivity contribution < 1.29 is 10.3 Å². The fraction of sp³-hybridized carbons (Fsp3) is 0. The molecule has 2 aromatic carbocycles. The summed E-state index contributed by atoms with van der Waals surface area (Å²) in [4.78, 5) is 28.6. The molecule has 0 atom stereocenters. The van der Waals surface area contributed by atoms with Crippen molar-refractivity contribution in [3.05, 3.63) is 76.7 Å². The quantitative estimate of drug-likeness (QED) is 0.520. The van der Waals surface area contributed by atoms with Crippen LogP contribution in [0.4, 0.5) is 0 Å². The van der Waals surface area contributed by atoms with Gasteiger partial charge in [-0.25, -0.2) is 0 Å². The monoisotopic (exact) mass is 360 g/mol. The van der Waals surface area contributed by atoms with E-state index in [2.05, 4.69) is 4.99 Å². The first-order chi connectivity index (χ1) is 11.1. The molecule has 7 nitrogen and oxygen atoms in total. The lowest BCUT2D eigenvalue weighted by Gasteiger charge is -2.10. The Balaban J connectivity index is 0.00000156. The molecule has 0 bridgehead atoms. The Morgan fingerprint density at radius 1 is 0.920 bits per heavy atom. The van der Waals surface area contributed by atoms with E-state index in [0.717, 1.165) is 0 Å². The van der Waals surface area contributed by atoms with Crippen LogP contribution in [-0.2, 0) is 0 Å². The number of carbonyl (C=O) groups excluding carboxylic acids is 1. The number of carbonyl (C=O) groups is 1. The van der Waals surface area contributed by atoms with Crippen molar-refractivity contribution >= 4 is 35.0 Å². The lowest BCUT2D eigenvalue weighted by atomic mass is 10.1. The molecule has 1 amide bonds. The number of hydrogen-bond acceptors (Lipinski definition) is 2. The molecule has 0 spiro atoms. The molecule has 6 N–H and O–H groups in total. The number of nitrogens with zero attached hydrogens (tertiary/aromatic N) is 2. The Labute approximate surface area is 149 Å². The number of aliphatic imine (C=N–C) groups is 1. The largest absolute Gasteiger partial charge is 0.412 e. The predicted molar refractivity (Wildman–Crippen MR) is 101 cm³/mol. The van der Waals surface area contributed by atoms with E-state index >= 15 is 0 Å². The zero-order valence-electron chi connectivity index (χ0n) is 13.0. The zero-order valence-corrected chi connectivity index (χ0v) is 13.9. The molecule has 3 rings (SSSR count). The van der Waals surface area contributed by atoms with Crippen LogP contribution in [0.15, 0.2) is 70.6 Å². The number of aromatic nitrogens is 1. The number of halogens is 1. The van der Waals surface area contributed by atoms with E-state index in [-0.39, 0.29) is 35.0 Å². The van der Waals surface area contributed by atoms with Gasteiger partial charge in [-0.1, -0.05) is 36.4 Å². The van der Waals surface area contributed by atoms with Crippen molar-refractivity contribution in [2.45, 2.75) is 0 Å². The van der Waals surface area contributed by atoms with Gasteiger partial charge in [-0.2, -0.15) is 4.99 Å². The summed E-state index contributed by atoms with van der Waals surface area (Å²) >= 11 is 0. The van der Waals surface area contributed by atoms with Gasteiger partial charge in [0.25, 0.3) is 11.5 Å². The number of fused-ring (bicyclic) bond motifs is 1. The van der Waals surface area contributed by atoms with Crippen LogP contribution in [0, 0.1) is 0 Å². The molecular formula is C17H17ClN4O3. The zero-order chi connectivity index (χ0) is 16.4. The second-order valence-electron chi connectivity index (χ2n) is 4.94. The average molecular weight is 361 g/mol. The Hall–Kier alpha value is -3.16. The third kappa shape index (κ3) is 3.85. The Morgan fingerprint density at radius 2 is 1.48 bits per heavy atom. The Kier molecular flexibility index (Phi) is 6.44. The molecule has 1 heterocycles. The summed E-state index contributed by atoms with van der Waals surface area (Å²) in [7, 11) is 0. The second kappa shape index (κ2) is 8.09. The molecule has 0 unspecified atom stereocenters. The van der Waals surface area contributed by atoms with Crippen LogP contribution in [0.5, 0.6) is 0 Å². The lowest BCUT2D eigenvalue weighted by Crippen LogP contribution is -2.25. The molecule has 0 fully saturated rings. The van der Waals surface area contributed by atoms with E-state index in [1.54, 1.807) is 36.4 Å². The molecule has 130 valence electrons. The van der Waals surface area contributed by atoms with E-state index in [9.17, 15) is 9.59 Å². The van der Waals surface area contributed by atoms with Gasteiger partial charge in [-0.05, 0) is 18.2 Å². The summed E-state index contributed by atoms with van der Waals surface area (Å²) in [6.45, 7) is 0. The molecule has 25 heavy (non-hydrogen) atoms. The normalized spacial score (nSPS) is 9.60. The fourth-order valence-electron chi connectivity index (χ4n) is 2.42. The number of benzene rings is 2. The average Bonchev–Trinajstić information content (AvgIpc) is 2.55. The second-order valence-corrected chi connectivity index (χ2v) is 4.94. The fourth-order valence-corrected chi connectivity index (χ4v) is 2.42. The molecule has 0 aliphatic carbocycles. The van der Waals surface area contributed by atoms with Crippen molar-refractivity contribution in [1.29, 1.82) is 0 Å². The summed E-state index contributed by atoms with van der Waals surface area (Å²) in [5, 5.41) is 0.938. The number of nitrogens with two attached hydrogens (primary N) is 2. The number of hydrogen-bond donors (Lipinski definition) is 2. The highest BCUT2D eigenvalue weighted by atomic mass is 35.5. The highest BCUT2D eigenvalue weighted by Gasteiger charge is 2.15. The number of para-hydroxylation sites is 1. The summed E-state index contributed by atoms with van der Waals surface area (Å²) in [5.41, 5.74) is 11.3. The maximum atomic E-state index is 12.7. The van der Waals surface area contributed by atoms with Gasteiger partial charge in [0.15, 0.2) is 5.96 Å². The summed E-state index contributed by atoms with van der Waals surface area (Å²) in [6, 6.07) is 15.9. The van der Waals surface area contributed by atoms with Crippen molar-refractivity contribution in [1.82, 2.24) is 4.57 Å². The molecule has 0 aliphatic rings. The van der Waals surface area contributed by atoms with Gasteiger partial charge in [0, 0.05) is 22.7 Å². The van der Waals surface area contributed by atoms with E-state index in [4.69, 9.17) is 11.5 Å². The van der Waals surface area contributed by atoms with Gasteiger partial charge in [0.05, 0.1) is 5.56 Å². The van der Waals surface area contributed by atoms with Crippen LogP contribution in [0.2, 0.25) is 0 Å². The minimum Gasteiger partial charge on any atom is -0.412 e. The van der Waals surface area contributed by atoms with E-state index in [1.165, 1.54) is 10.8 Å². The first-order valence-corrected chi connectivity index (χ1v) is 6.91. The molecule has 8 heteroatoms. The molecule has 0 saturated carbocycles. The van der Waals surface area contributed by atoms with Crippen molar-refractivity contribution in [2.75, 3.05) is 0 Å². The third-order valence-electron chi connectivity index (χ3n) is 3.42. The maximum Gasteiger partial charge on any atom is 0.282 e. The first kappa shape index (κ1) is 19.9. The number of guanidine groups is 1. The van der Waals surface area contributed by atoms with Crippen LogP contribution in [-0.4, -0.2) is 21.9 Å². The Morgan fingerprint density at radius 3 is 2.08 bits per heavy atom. The van der Waals surface area contributed by atoms with Crippen LogP contribution in [0.1, 0.15) is 10.4 Å². The van der Waals surface area contributed by atoms with Crippen molar-refractivity contribution in [3.63, 3.8) is 0 Å². The van der Waals surface area contributed by atoms with Gasteiger partial charge in [-0.15, -0.1) is 12.4 Å². The highest BCUT2D eigenvalue weighted by molar-refractivity contribution is 6.10. The summed E-state index contributed by atoms with van der Waals surface area (Å²) < 4.78 is 1.41. The van der Waals surface area contributed by atoms with Gasteiger partial charge in [0.2, 0.25) is 0 Å². The number of pyridine rings is 1. The third-order valence-corrected chi connectivity index (χ3v) is 3.42. The van der Waals surface area contributed by atoms with Crippen LogP contribution in [0.3, 0.4) is 0 Å². The van der Waals surface area contributed by atoms with Crippen LogP contribution < -0.4 is 17.0 Å².